The fourth-order valence-electron chi connectivity index (χ4n) is 0.626. The molecule has 0 fully saturated rings. The van der Waals surface area contributed by atoms with Gasteiger partial charge >= 0.3 is 16.2 Å². The summed E-state index contributed by atoms with van der Waals surface area (Å²) < 4.78 is 24.1. The van der Waals surface area contributed by atoms with Crippen LogP contribution in [0.4, 0.5) is 0 Å². The lowest BCUT2D eigenvalue weighted by Crippen LogP contribution is -2.29. The topological polar surface area (TPSA) is 105 Å². The molecule has 9 heteroatoms. The summed E-state index contributed by atoms with van der Waals surface area (Å²) in [4.78, 5) is 13.7. The maximum Gasteiger partial charge on any atom is 0.375 e. The Labute approximate surface area is 80.0 Å². The van der Waals surface area contributed by atoms with Crippen LogP contribution in [0, 0.1) is 0 Å². The summed E-state index contributed by atoms with van der Waals surface area (Å²) >= 11 is 0. The van der Waals surface area contributed by atoms with Crippen molar-refractivity contribution in [2.45, 2.75) is 0 Å². The number of rotatable bonds is 3. The van der Waals surface area contributed by atoms with Crippen LogP contribution in [-0.4, -0.2) is 52.1 Å². The molecule has 8 nitrogen and oxygen atoms in total. The number of hydrogen-bond donors (Lipinski definition) is 1. The molecule has 0 bridgehead atoms. The molecule has 1 N–H and O–H groups in total. The highest BCUT2D eigenvalue weighted by Gasteiger charge is 2.20. The fraction of sp³-hybridized carbons (Fsp3) is 0.400. The Morgan fingerprint density at radius 3 is 2.50 bits per heavy atom. The van der Waals surface area contributed by atoms with Gasteiger partial charge in [0, 0.05) is 14.1 Å². The summed E-state index contributed by atoms with van der Waals surface area (Å²) in [5.41, 5.74) is 0. The molecule has 0 spiro atoms. The second kappa shape index (κ2) is 3.35. The molecule has 0 saturated carbocycles. The van der Waals surface area contributed by atoms with Crippen LogP contribution in [0.2, 0.25) is 0 Å². The number of carboxylic acid groups (broad SMARTS) is 1. The van der Waals surface area contributed by atoms with Crippen molar-refractivity contribution in [1.29, 1.82) is 0 Å². The minimum Gasteiger partial charge on any atom is -0.475 e. The monoisotopic (exact) mass is 220 g/mol. The van der Waals surface area contributed by atoms with E-state index in [4.69, 9.17) is 5.11 Å². The quantitative estimate of drug-likeness (QED) is 0.673. The van der Waals surface area contributed by atoms with Crippen molar-refractivity contribution in [3.8, 4) is 0 Å². The molecule has 78 valence electrons. The molecular weight excluding hydrogens is 212 g/mol. The molecule has 0 radical (unpaired) electrons. The summed E-state index contributed by atoms with van der Waals surface area (Å²) in [6.07, 6.45) is 0.832. The van der Waals surface area contributed by atoms with Gasteiger partial charge < -0.3 is 5.11 Å². The SMILES string of the molecule is CN(C)S(=O)(=O)n1cnc(C(=O)O)n1. The first-order valence-electron chi connectivity index (χ1n) is 3.43. The number of nitrogens with zero attached hydrogens (tertiary/aromatic N) is 4. The molecule has 0 aliphatic rings. The molecule has 0 atom stereocenters. The molecule has 0 saturated heterocycles. The lowest BCUT2D eigenvalue weighted by atomic mass is 10.7. The van der Waals surface area contributed by atoms with Gasteiger partial charge in [-0.25, -0.2) is 9.78 Å². The normalized spacial score (nSPS) is 11.9. The van der Waals surface area contributed by atoms with Crippen molar-refractivity contribution in [3.05, 3.63) is 12.2 Å². The van der Waals surface area contributed by atoms with Crippen molar-refractivity contribution in [2.75, 3.05) is 14.1 Å². The molecule has 1 aromatic rings. The third kappa shape index (κ3) is 1.72. The molecule has 1 rings (SSSR count). The number of carboxylic acids is 1. The van der Waals surface area contributed by atoms with Crippen molar-refractivity contribution >= 4 is 16.2 Å². The highest BCUT2D eigenvalue weighted by atomic mass is 32.2. The van der Waals surface area contributed by atoms with Crippen LogP contribution in [0.1, 0.15) is 10.6 Å². The Morgan fingerprint density at radius 1 is 1.57 bits per heavy atom. The van der Waals surface area contributed by atoms with Crippen molar-refractivity contribution in [2.24, 2.45) is 0 Å². The zero-order valence-electron chi connectivity index (χ0n) is 7.45. The van der Waals surface area contributed by atoms with Gasteiger partial charge in [-0.15, -0.1) is 9.19 Å². The summed E-state index contributed by atoms with van der Waals surface area (Å²) in [6.45, 7) is 0. The van der Waals surface area contributed by atoms with Crippen LogP contribution in [0.3, 0.4) is 0 Å². The fourth-order valence-corrected chi connectivity index (χ4v) is 1.31. The highest BCUT2D eigenvalue weighted by Crippen LogP contribution is 1.98. The van der Waals surface area contributed by atoms with Crippen molar-refractivity contribution < 1.29 is 18.3 Å². The van der Waals surface area contributed by atoms with Gasteiger partial charge in [-0.3, -0.25) is 0 Å². The Bertz CT molecular complexity index is 448. The summed E-state index contributed by atoms with van der Waals surface area (Å²) in [5, 5.41) is 11.7. The van der Waals surface area contributed by atoms with E-state index in [2.05, 4.69) is 10.1 Å². The summed E-state index contributed by atoms with van der Waals surface area (Å²) in [5.74, 6) is -1.94. The van der Waals surface area contributed by atoms with E-state index in [0.29, 0.717) is 4.09 Å². The largest absolute Gasteiger partial charge is 0.475 e. The van der Waals surface area contributed by atoms with Gasteiger partial charge in [0.15, 0.2) is 0 Å². The van der Waals surface area contributed by atoms with Gasteiger partial charge in [-0.05, 0) is 0 Å². The molecule has 0 unspecified atom stereocenters. The number of hydrogen-bond acceptors (Lipinski definition) is 5. The molecule has 0 aliphatic carbocycles. The predicted molar refractivity (Wildman–Crippen MR) is 45.0 cm³/mol. The average Bonchev–Trinajstić information content (AvgIpc) is 2.51. The second-order valence-corrected chi connectivity index (χ2v) is 4.54. The minimum atomic E-state index is -3.78. The van der Waals surface area contributed by atoms with Gasteiger partial charge in [0.25, 0.3) is 5.82 Å². The highest BCUT2D eigenvalue weighted by molar-refractivity contribution is 7.87. The Morgan fingerprint density at radius 2 is 2.14 bits per heavy atom. The van der Waals surface area contributed by atoms with Crippen LogP contribution < -0.4 is 0 Å². The second-order valence-electron chi connectivity index (χ2n) is 2.54. The first-order valence-corrected chi connectivity index (χ1v) is 4.83. The smallest absolute Gasteiger partial charge is 0.375 e. The van der Waals surface area contributed by atoms with Gasteiger partial charge in [-0.2, -0.15) is 12.7 Å². The van der Waals surface area contributed by atoms with E-state index in [1.165, 1.54) is 14.1 Å². The maximum atomic E-state index is 11.4. The number of aromatic carboxylic acids is 1. The van der Waals surface area contributed by atoms with Crippen LogP contribution in [0.15, 0.2) is 6.33 Å². The Hall–Kier alpha value is -1.48. The minimum absolute atomic E-state index is 0.496. The third-order valence-electron chi connectivity index (χ3n) is 1.36. The van der Waals surface area contributed by atoms with E-state index >= 15 is 0 Å². The van der Waals surface area contributed by atoms with Gasteiger partial charge in [-0.1, -0.05) is 0 Å². The lowest BCUT2D eigenvalue weighted by molar-refractivity contribution is 0.0684. The maximum absolute atomic E-state index is 11.4. The van der Waals surface area contributed by atoms with Gasteiger partial charge in [0.05, 0.1) is 0 Å². The van der Waals surface area contributed by atoms with Crippen molar-refractivity contribution in [1.82, 2.24) is 18.5 Å². The molecule has 1 aromatic heterocycles. The first-order chi connectivity index (χ1) is 6.35. The predicted octanol–water partition coefficient (Wildman–Crippen LogP) is -1.37. The summed E-state index contributed by atoms with van der Waals surface area (Å²) in [7, 11) is -1.17. The zero-order chi connectivity index (χ0) is 10.9. The molecular formula is C5H8N4O4S. The number of carbonyl (C=O) groups is 1. The van der Waals surface area contributed by atoms with Gasteiger partial charge in [0.2, 0.25) is 0 Å². The van der Waals surface area contributed by atoms with Crippen LogP contribution >= 0.6 is 0 Å². The van der Waals surface area contributed by atoms with Crippen LogP contribution in [0.5, 0.6) is 0 Å². The molecule has 14 heavy (non-hydrogen) atoms. The van der Waals surface area contributed by atoms with E-state index in [9.17, 15) is 13.2 Å². The standard InChI is InChI=1S/C5H8N4O4S/c1-8(2)14(12,13)9-3-6-4(7-9)5(10)11/h3H,1-2H3,(H,10,11). The Kier molecular flexibility index (Phi) is 2.53. The molecule has 0 amide bonds. The van der Waals surface area contributed by atoms with E-state index in [0.717, 1.165) is 10.6 Å². The third-order valence-corrected chi connectivity index (χ3v) is 2.93. The molecule has 1 heterocycles. The van der Waals surface area contributed by atoms with Crippen LogP contribution in [0.25, 0.3) is 0 Å². The number of aromatic nitrogens is 3. The van der Waals surface area contributed by atoms with E-state index in [-0.39, 0.29) is 0 Å². The van der Waals surface area contributed by atoms with E-state index in [1.807, 2.05) is 0 Å². The zero-order valence-corrected chi connectivity index (χ0v) is 8.26. The van der Waals surface area contributed by atoms with Crippen molar-refractivity contribution in [3.63, 3.8) is 0 Å². The van der Waals surface area contributed by atoms with Crippen LogP contribution in [-0.2, 0) is 10.2 Å². The van der Waals surface area contributed by atoms with E-state index in [1.54, 1.807) is 0 Å². The lowest BCUT2D eigenvalue weighted by Gasteiger charge is -2.08. The van der Waals surface area contributed by atoms with Gasteiger partial charge in [0.1, 0.15) is 6.33 Å². The Balaban J connectivity index is 3.16. The average molecular weight is 220 g/mol. The van der Waals surface area contributed by atoms with E-state index < -0.39 is 22.0 Å². The summed E-state index contributed by atoms with van der Waals surface area (Å²) in [6, 6.07) is 0. The first kappa shape index (κ1) is 10.6. The molecule has 0 aromatic carbocycles. The molecule has 0 aliphatic heterocycles.